The molecule has 0 aromatic heterocycles. The Morgan fingerprint density at radius 2 is 2.40 bits per heavy atom. The summed E-state index contributed by atoms with van der Waals surface area (Å²) in [5.41, 5.74) is 0. The van der Waals surface area contributed by atoms with E-state index in [0.29, 0.717) is 12.6 Å². The molecule has 0 bridgehead atoms. The number of hydrogen-bond acceptors (Lipinski definition) is 3. The molecule has 0 radical (unpaired) electrons. The summed E-state index contributed by atoms with van der Waals surface area (Å²) >= 11 is 0. The largest absolute Gasteiger partial charge is 0.385 e. The summed E-state index contributed by atoms with van der Waals surface area (Å²) in [6, 6.07) is 2.40. The quantitative estimate of drug-likeness (QED) is 0.569. The van der Waals surface area contributed by atoms with Gasteiger partial charge in [0.15, 0.2) is 0 Å². The van der Waals surface area contributed by atoms with Gasteiger partial charge in [0, 0.05) is 19.8 Å². The Hall–Kier alpha value is -0.590. The molecule has 0 fully saturated rings. The molecule has 1 unspecified atom stereocenters. The average molecular weight is 142 g/mol. The Kier molecular flexibility index (Phi) is 6.14. The van der Waals surface area contributed by atoms with Gasteiger partial charge in [0.1, 0.15) is 0 Å². The Morgan fingerprint density at radius 1 is 1.70 bits per heavy atom. The van der Waals surface area contributed by atoms with Crippen molar-refractivity contribution in [1.82, 2.24) is 5.32 Å². The van der Waals surface area contributed by atoms with E-state index in [1.807, 2.05) is 13.0 Å². The maximum Gasteiger partial charge on any atom is 0.0843 e. The van der Waals surface area contributed by atoms with Crippen LogP contribution in [0.5, 0.6) is 0 Å². The van der Waals surface area contributed by atoms with Crippen molar-refractivity contribution in [1.29, 1.82) is 5.26 Å². The first kappa shape index (κ1) is 9.41. The Balaban J connectivity index is 3.10. The van der Waals surface area contributed by atoms with Crippen LogP contribution in [-0.4, -0.2) is 26.3 Å². The van der Waals surface area contributed by atoms with Crippen LogP contribution in [0.2, 0.25) is 0 Å². The number of rotatable bonds is 5. The SMILES string of the molecule is COCCC(C)NCC#N. The number of ether oxygens (including phenoxy) is 1. The molecule has 0 aromatic carbocycles. The second-order valence-electron chi connectivity index (χ2n) is 2.22. The average Bonchev–Trinajstić information content (AvgIpc) is 1.97. The lowest BCUT2D eigenvalue weighted by Crippen LogP contribution is -2.27. The van der Waals surface area contributed by atoms with E-state index >= 15 is 0 Å². The Morgan fingerprint density at radius 3 is 2.90 bits per heavy atom. The lowest BCUT2D eigenvalue weighted by molar-refractivity contribution is 0.185. The van der Waals surface area contributed by atoms with Crippen molar-refractivity contribution in [2.45, 2.75) is 19.4 Å². The van der Waals surface area contributed by atoms with Gasteiger partial charge in [-0.1, -0.05) is 0 Å². The van der Waals surface area contributed by atoms with Gasteiger partial charge >= 0.3 is 0 Å². The van der Waals surface area contributed by atoms with E-state index in [-0.39, 0.29) is 0 Å². The molecule has 0 heterocycles. The maximum atomic E-state index is 8.20. The standard InChI is InChI=1S/C7H14N2O/c1-7(3-6-10-2)9-5-4-8/h7,9H,3,5-6H2,1-2H3. The minimum atomic E-state index is 0.375. The van der Waals surface area contributed by atoms with Crippen molar-refractivity contribution in [3.63, 3.8) is 0 Å². The molecule has 0 saturated carbocycles. The number of nitrogens with one attached hydrogen (secondary N) is 1. The highest BCUT2D eigenvalue weighted by Gasteiger charge is 1.97. The van der Waals surface area contributed by atoms with Crippen molar-refractivity contribution in [2.75, 3.05) is 20.3 Å². The molecule has 0 amide bonds. The van der Waals surface area contributed by atoms with Gasteiger partial charge in [0.25, 0.3) is 0 Å². The normalized spacial score (nSPS) is 12.5. The van der Waals surface area contributed by atoms with E-state index in [1.54, 1.807) is 7.11 Å². The summed E-state index contributed by atoms with van der Waals surface area (Å²) < 4.78 is 4.87. The minimum absolute atomic E-state index is 0.375. The molecule has 0 rings (SSSR count). The fourth-order valence-corrected chi connectivity index (χ4v) is 0.617. The number of methoxy groups -OCH3 is 1. The summed E-state index contributed by atoms with van der Waals surface area (Å²) in [6.45, 7) is 3.21. The molecule has 1 N–H and O–H groups in total. The van der Waals surface area contributed by atoms with Gasteiger partial charge in [0.05, 0.1) is 12.6 Å². The van der Waals surface area contributed by atoms with Crippen molar-refractivity contribution >= 4 is 0 Å². The number of nitrogens with zero attached hydrogens (tertiary/aromatic N) is 1. The Bertz CT molecular complexity index is 109. The van der Waals surface area contributed by atoms with Crippen molar-refractivity contribution in [2.24, 2.45) is 0 Å². The van der Waals surface area contributed by atoms with E-state index in [0.717, 1.165) is 13.0 Å². The van der Waals surface area contributed by atoms with Gasteiger partial charge < -0.3 is 10.1 Å². The highest BCUT2D eigenvalue weighted by atomic mass is 16.5. The summed E-state index contributed by atoms with van der Waals surface area (Å²) in [6.07, 6.45) is 0.957. The van der Waals surface area contributed by atoms with Crippen LogP contribution in [0.3, 0.4) is 0 Å². The molecule has 3 heteroatoms. The number of nitriles is 1. The monoisotopic (exact) mass is 142 g/mol. The predicted molar refractivity (Wildman–Crippen MR) is 39.6 cm³/mol. The highest BCUT2D eigenvalue weighted by molar-refractivity contribution is 4.75. The molecular formula is C7H14N2O. The minimum Gasteiger partial charge on any atom is -0.385 e. The third-order valence-corrected chi connectivity index (χ3v) is 1.28. The summed E-state index contributed by atoms with van der Waals surface area (Å²) in [5.74, 6) is 0. The van der Waals surface area contributed by atoms with Crippen LogP contribution < -0.4 is 5.32 Å². The first-order valence-corrected chi connectivity index (χ1v) is 3.40. The van der Waals surface area contributed by atoms with Crippen molar-refractivity contribution < 1.29 is 4.74 Å². The smallest absolute Gasteiger partial charge is 0.0843 e. The fourth-order valence-electron chi connectivity index (χ4n) is 0.617. The van der Waals surface area contributed by atoms with Crippen LogP contribution in [0.4, 0.5) is 0 Å². The maximum absolute atomic E-state index is 8.20. The predicted octanol–water partition coefficient (Wildman–Crippen LogP) is 0.525. The molecule has 58 valence electrons. The van der Waals surface area contributed by atoms with Crippen LogP contribution in [0.1, 0.15) is 13.3 Å². The van der Waals surface area contributed by atoms with Crippen molar-refractivity contribution in [3.05, 3.63) is 0 Å². The van der Waals surface area contributed by atoms with E-state index in [9.17, 15) is 0 Å². The third-order valence-electron chi connectivity index (χ3n) is 1.28. The molecular weight excluding hydrogens is 128 g/mol. The second kappa shape index (κ2) is 6.53. The van der Waals surface area contributed by atoms with Crippen molar-refractivity contribution in [3.8, 4) is 6.07 Å². The summed E-state index contributed by atoms with van der Waals surface area (Å²) in [7, 11) is 1.68. The summed E-state index contributed by atoms with van der Waals surface area (Å²) in [5, 5.41) is 11.2. The molecule has 0 aliphatic rings. The van der Waals surface area contributed by atoms with Gasteiger partial charge in [-0.05, 0) is 13.3 Å². The zero-order valence-electron chi connectivity index (χ0n) is 6.55. The first-order valence-electron chi connectivity index (χ1n) is 3.40. The molecule has 0 aromatic rings. The zero-order chi connectivity index (χ0) is 7.82. The van der Waals surface area contributed by atoms with E-state index in [2.05, 4.69) is 5.32 Å². The first-order chi connectivity index (χ1) is 4.81. The molecule has 0 spiro atoms. The van der Waals surface area contributed by atoms with Gasteiger partial charge in [-0.25, -0.2) is 0 Å². The third kappa shape index (κ3) is 5.54. The topological polar surface area (TPSA) is 45.0 Å². The van der Waals surface area contributed by atoms with Crippen LogP contribution >= 0.6 is 0 Å². The molecule has 1 atom stereocenters. The molecule has 0 saturated heterocycles. The highest BCUT2D eigenvalue weighted by Crippen LogP contribution is 1.88. The lowest BCUT2D eigenvalue weighted by atomic mass is 10.2. The molecule has 0 aliphatic heterocycles. The van der Waals surface area contributed by atoms with E-state index < -0.39 is 0 Å². The fraction of sp³-hybridized carbons (Fsp3) is 0.857. The van der Waals surface area contributed by atoms with Crippen LogP contribution in [0.25, 0.3) is 0 Å². The van der Waals surface area contributed by atoms with Gasteiger partial charge in [0.2, 0.25) is 0 Å². The van der Waals surface area contributed by atoms with Gasteiger partial charge in [-0.2, -0.15) is 5.26 Å². The van der Waals surface area contributed by atoms with Crippen LogP contribution in [-0.2, 0) is 4.74 Å². The van der Waals surface area contributed by atoms with E-state index in [4.69, 9.17) is 10.00 Å². The second-order valence-corrected chi connectivity index (χ2v) is 2.22. The van der Waals surface area contributed by atoms with Crippen LogP contribution in [0, 0.1) is 11.3 Å². The summed E-state index contributed by atoms with van der Waals surface area (Å²) in [4.78, 5) is 0. The zero-order valence-corrected chi connectivity index (χ0v) is 6.55. The van der Waals surface area contributed by atoms with Crippen LogP contribution in [0.15, 0.2) is 0 Å². The van der Waals surface area contributed by atoms with Gasteiger partial charge in [-0.3, -0.25) is 0 Å². The molecule has 0 aliphatic carbocycles. The van der Waals surface area contributed by atoms with E-state index in [1.165, 1.54) is 0 Å². The lowest BCUT2D eigenvalue weighted by Gasteiger charge is -2.09. The van der Waals surface area contributed by atoms with Gasteiger partial charge in [-0.15, -0.1) is 0 Å². The molecule has 10 heavy (non-hydrogen) atoms. The molecule has 3 nitrogen and oxygen atoms in total. The number of hydrogen-bond donors (Lipinski definition) is 1. The Labute approximate surface area is 62.0 Å².